The summed E-state index contributed by atoms with van der Waals surface area (Å²) in [6, 6.07) is 3.06. The highest BCUT2D eigenvalue weighted by molar-refractivity contribution is 5.73. The Morgan fingerprint density at radius 3 is 3.07 bits per heavy atom. The number of nitriles is 1. The first-order valence-corrected chi connectivity index (χ1v) is 3.79. The van der Waals surface area contributed by atoms with E-state index in [2.05, 4.69) is 9.72 Å². The van der Waals surface area contributed by atoms with Gasteiger partial charge in [0.2, 0.25) is 5.95 Å². The Hall–Kier alpha value is -1.96. The quantitative estimate of drug-likeness (QED) is 0.516. The molecule has 0 spiro atoms. The molecule has 0 N–H and O–H groups in total. The molecule has 0 aliphatic rings. The number of hydrogen-bond donors (Lipinski definition) is 0. The second-order valence-corrected chi connectivity index (χ2v) is 2.50. The molecule has 0 radical (unpaired) electrons. The third-order valence-corrected chi connectivity index (χ3v) is 1.67. The van der Waals surface area contributed by atoms with Crippen molar-refractivity contribution in [1.82, 2.24) is 4.98 Å². The van der Waals surface area contributed by atoms with Gasteiger partial charge in [-0.05, 0) is 11.6 Å². The van der Waals surface area contributed by atoms with Gasteiger partial charge < -0.3 is 4.74 Å². The van der Waals surface area contributed by atoms with Crippen LogP contribution in [0.3, 0.4) is 0 Å². The first-order chi connectivity index (χ1) is 6.69. The number of carbonyl (C=O) groups excluding carboxylic acids is 1. The summed E-state index contributed by atoms with van der Waals surface area (Å²) >= 11 is 0. The number of hydrogen-bond acceptors (Lipinski definition) is 4. The van der Waals surface area contributed by atoms with Crippen LogP contribution in [0.25, 0.3) is 0 Å². The highest BCUT2D eigenvalue weighted by Crippen LogP contribution is 2.10. The van der Waals surface area contributed by atoms with Crippen LogP contribution >= 0.6 is 0 Å². The lowest BCUT2D eigenvalue weighted by Gasteiger charge is -2.01. The summed E-state index contributed by atoms with van der Waals surface area (Å²) in [5, 5.41) is 8.60. The van der Waals surface area contributed by atoms with E-state index in [0.29, 0.717) is 0 Å². The number of carbonyl (C=O) groups is 1. The maximum atomic E-state index is 12.9. The molecule has 0 aliphatic heterocycles. The third-order valence-electron chi connectivity index (χ3n) is 1.67. The van der Waals surface area contributed by atoms with Crippen molar-refractivity contribution < 1.29 is 13.9 Å². The normalized spacial score (nSPS) is 9.21. The van der Waals surface area contributed by atoms with Gasteiger partial charge in [-0.25, -0.2) is 4.98 Å². The van der Waals surface area contributed by atoms with E-state index in [1.807, 2.05) is 0 Å². The van der Waals surface area contributed by atoms with Gasteiger partial charge in [0.25, 0.3) is 0 Å². The fourth-order valence-corrected chi connectivity index (χ4v) is 0.966. The van der Waals surface area contributed by atoms with E-state index >= 15 is 0 Å². The predicted molar refractivity (Wildman–Crippen MR) is 44.6 cm³/mol. The number of rotatable bonds is 2. The molecule has 0 aliphatic carbocycles. The molecule has 72 valence electrons. The topological polar surface area (TPSA) is 63.0 Å². The summed E-state index contributed by atoms with van der Waals surface area (Å²) in [7, 11) is 1.23. The Labute approximate surface area is 79.9 Å². The molecule has 0 amide bonds. The second kappa shape index (κ2) is 4.33. The molecular weight excluding hydrogens is 187 g/mol. The lowest BCUT2D eigenvalue weighted by atomic mass is 10.1. The maximum absolute atomic E-state index is 12.9. The number of halogens is 1. The number of aromatic nitrogens is 1. The van der Waals surface area contributed by atoms with Crippen LogP contribution in [0.15, 0.2) is 12.3 Å². The molecule has 0 bridgehead atoms. The Morgan fingerprint density at radius 2 is 2.50 bits per heavy atom. The van der Waals surface area contributed by atoms with Crippen molar-refractivity contribution in [2.24, 2.45) is 0 Å². The predicted octanol–water partition coefficient (Wildman–Crippen LogP) is 0.808. The van der Waals surface area contributed by atoms with Crippen LogP contribution in [-0.4, -0.2) is 18.1 Å². The van der Waals surface area contributed by atoms with Gasteiger partial charge in [0.1, 0.15) is 11.6 Å². The molecule has 0 atom stereocenters. The molecule has 1 aromatic rings. The summed E-state index contributed by atoms with van der Waals surface area (Å²) in [6.45, 7) is 0. The van der Waals surface area contributed by atoms with Gasteiger partial charge in [-0.15, -0.1) is 0 Å². The first-order valence-electron chi connectivity index (χ1n) is 3.79. The number of esters is 1. The number of nitrogens with zero attached hydrogens (tertiary/aromatic N) is 2. The highest BCUT2D eigenvalue weighted by Gasteiger charge is 2.12. The number of ether oxygens (including phenoxy) is 1. The summed E-state index contributed by atoms with van der Waals surface area (Å²) < 4.78 is 17.3. The minimum absolute atomic E-state index is 0.126. The average molecular weight is 194 g/mol. The van der Waals surface area contributed by atoms with Crippen LogP contribution in [0.2, 0.25) is 0 Å². The molecule has 0 saturated carbocycles. The zero-order valence-electron chi connectivity index (χ0n) is 7.45. The van der Waals surface area contributed by atoms with Gasteiger partial charge >= 0.3 is 5.97 Å². The number of pyridine rings is 1. The smallest absolute Gasteiger partial charge is 0.310 e. The summed E-state index contributed by atoms with van der Waals surface area (Å²) in [5.41, 5.74) is 0.0738. The van der Waals surface area contributed by atoms with Gasteiger partial charge in [0, 0.05) is 6.20 Å². The van der Waals surface area contributed by atoms with E-state index in [1.54, 1.807) is 6.07 Å². The summed E-state index contributed by atoms with van der Waals surface area (Å²) in [5.74, 6) is -1.39. The summed E-state index contributed by atoms with van der Waals surface area (Å²) in [6.07, 6.45) is 1.08. The monoisotopic (exact) mass is 194 g/mol. The van der Waals surface area contributed by atoms with Crippen molar-refractivity contribution in [3.05, 3.63) is 29.3 Å². The molecule has 1 aromatic heterocycles. The Kier molecular flexibility index (Phi) is 3.13. The van der Waals surface area contributed by atoms with Crippen LogP contribution in [-0.2, 0) is 16.0 Å². The van der Waals surface area contributed by atoms with Crippen molar-refractivity contribution in [2.45, 2.75) is 6.42 Å². The van der Waals surface area contributed by atoms with E-state index in [1.165, 1.54) is 19.4 Å². The molecule has 1 rings (SSSR count). The zero-order chi connectivity index (χ0) is 10.6. The Balaban J connectivity index is 3.04. The minimum Gasteiger partial charge on any atom is -0.469 e. The van der Waals surface area contributed by atoms with E-state index in [4.69, 9.17) is 5.26 Å². The van der Waals surface area contributed by atoms with Gasteiger partial charge in [-0.3, -0.25) is 4.79 Å². The van der Waals surface area contributed by atoms with Crippen molar-refractivity contribution in [3.8, 4) is 6.07 Å². The molecule has 0 unspecified atom stereocenters. The molecule has 1 heterocycles. The lowest BCUT2D eigenvalue weighted by molar-refractivity contribution is -0.139. The molecule has 0 fully saturated rings. The van der Waals surface area contributed by atoms with E-state index in [-0.39, 0.29) is 17.5 Å². The van der Waals surface area contributed by atoms with Gasteiger partial charge in [-0.2, -0.15) is 9.65 Å². The van der Waals surface area contributed by atoms with Crippen LogP contribution in [0.5, 0.6) is 0 Å². The van der Waals surface area contributed by atoms with Gasteiger partial charge in [-0.1, -0.05) is 0 Å². The average Bonchev–Trinajstić information content (AvgIpc) is 2.18. The molecule has 14 heavy (non-hydrogen) atoms. The van der Waals surface area contributed by atoms with E-state index in [9.17, 15) is 9.18 Å². The summed E-state index contributed by atoms with van der Waals surface area (Å²) in [4.78, 5) is 14.2. The minimum atomic E-state index is -0.867. The van der Waals surface area contributed by atoms with E-state index in [0.717, 1.165) is 0 Å². The molecular formula is C9H7FN2O2. The molecule has 0 saturated heterocycles. The Bertz CT molecular complexity index is 398. The van der Waals surface area contributed by atoms with Crippen LogP contribution < -0.4 is 0 Å². The van der Waals surface area contributed by atoms with Crippen molar-refractivity contribution in [1.29, 1.82) is 5.26 Å². The van der Waals surface area contributed by atoms with Crippen LogP contribution in [0, 0.1) is 17.3 Å². The SMILES string of the molecule is COC(=O)Cc1ccnc(F)c1C#N. The van der Waals surface area contributed by atoms with Gasteiger partial charge in [0.05, 0.1) is 13.5 Å². The van der Waals surface area contributed by atoms with Gasteiger partial charge in [0.15, 0.2) is 0 Å². The Morgan fingerprint density at radius 1 is 1.79 bits per heavy atom. The van der Waals surface area contributed by atoms with Crippen LogP contribution in [0.1, 0.15) is 11.1 Å². The van der Waals surface area contributed by atoms with Crippen LogP contribution in [0.4, 0.5) is 4.39 Å². The standard InChI is InChI=1S/C9H7FN2O2/c1-14-8(13)4-6-2-3-12-9(10)7(6)5-11/h2-3H,4H2,1H3. The molecule has 0 aromatic carbocycles. The molecule has 4 nitrogen and oxygen atoms in total. The lowest BCUT2D eigenvalue weighted by Crippen LogP contribution is -2.07. The van der Waals surface area contributed by atoms with E-state index < -0.39 is 11.9 Å². The largest absolute Gasteiger partial charge is 0.469 e. The maximum Gasteiger partial charge on any atom is 0.310 e. The van der Waals surface area contributed by atoms with Crippen molar-refractivity contribution in [2.75, 3.05) is 7.11 Å². The number of methoxy groups -OCH3 is 1. The first kappa shape index (κ1) is 10.1. The van der Waals surface area contributed by atoms with Crippen molar-refractivity contribution >= 4 is 5.97 Å². The van der Waals surface area contributed by atoms with Crippen molar-refractivity contribution in [3.63, 3.8) is 0 Å². The second-order valence-electron chi connectivity index (χ2n) is 2.50. The zero-order valence-corrected chi connectivity index (χ0v) is 7.45. The highest BCUT2D eigenvalue weighted by atomic mass is 19.1. The third kappa shape index (κ3) is 2.04. The fourth-order valence-electron chi connectivity index (χ4n) is 0.966. The fraction of sp³-hybridized carbons (Fsp3) is 0.222. The molecule has 5 heteroatoms.